The summed E-state index contributed by atoms with van der Waals surface area (Å²) in [7, 11) is 0. The van der Waals surface area contributed by atoms with Gasteiger partial charge in [-0.3, -0.25) is 4.90 Å². The maximum atomic E-state index is 10.8. The standard InChI is InChI=1S/C28H38N8O4S/c29-12-19-21-20(41-22(19)30)2-4-27(21)14-36(15-27)24-31-23(35-7-1-3-28(38,16-35)17-37)32-25(33-24)40-18-26(5-6-26)13-34-8-10-39-11-9-34/h37-38H,1-11,13-18,30H2. The van der Waals surface area contributed by atoms with Crippen molar-refractivity contribution in [3.8, 4) is 12.1 Å². The van der Waals surface area contributed by atoms with E-state index in [0.717, 1.165) is 70.5 Å². The number of nitrogens with two attached hydrogens (primary N) is 1. The van der Waals surface area contributed by atoms with Crippen molar-refractivity contribution < 1.29 is 19.7 Å². The summed E-state index contributed by atoms with van der Waals surface area (Å²) in [6, 6.07) is 2.63. The van der Waals surface area contributed by atoms with E-state index in [9.17, 15) is 15.5 Å². The molecule has 3 saturated heterocycles. The Balaban J connectivity index is 1.12. The molecule has 1 saturated carbocycles. The summed E-state index contributed by atoms with van der Waals surface area (Å²) >= 11 is 1.54. The van der Waals surface area contributed by atoms with Gasteiger partial charge in [-0.1, -0.05) is 0 Å². The summed E-state index contributed by atoms with van der Waals surface area (Å²) in [5.41, 5.74) is 6.74. The molecule has 5 aliphatic rings. The summed E-state index contributed by atoms with van der Waals surface area (Å²) in [5.74, 6) is 1.00. The zero-order valence-electron chi connectivity index (χ0n) is 23.3. The van der Waals surface area contributed by atoms with Crippen molar-refractivity contribution in [2.75, 3.05) is 87.8 Å². The average Bonchev–Trinajstić information content (AvgIpc) is 3.51. The largest absolute Gasteiger partial charge is 0.463 e. The van der Waals surface area contributed by atoms with Gasteiger partial charge in [-0.05, 0) is 44.1 Å². The Labute approximate surface area is 243 Å². The van der Waals surface area contributed by atoms with Crippen LogP contribution in [-0.2, 0) is 16.6 Å². The number of ether oxygens (including phenoxy) is 2. The molecule has 4 N–H and O–H groups in total. The number of nitrogens with zero attached hydrogens (tertiary/aromatic N) is 7. The maximum Gasteiger partial charge on any atom is 0.323 e. The van der Waals surface area contributed by atoms with Crippen LogP contribution in [-0.4, -0.2) is 108 Å². The number of morpholine rings is 1. The van der Waals surface area contributed by atoms with E-state index in [1.807, 2.05) is 4.90 Å². The van der Waals surface area contributed by atoms with Gasteiger partial charge in [0.2, 0.25) is 11.9 Å². The van der Waals surface area contributed by atoms with Crippen LogP contribution in [0, 0.1) is 16.7 Å². The number of nitriles is 1. The molecule has 220 valence electrons. The molecule has 12 nitrogen and oxygen atoms in total. The number of hydrogen-bond donors (Lipinski definition) is 3. The predicted molar refractivity (Wildman–Crippen MR) is 153 cm³/mol. The number of aliphatic hydroxyl groups is 2. The van der Waals surface area contributed by atoms with Crippen molar-refractivity contribution in [2.24, 2.45) is 5.41 Å². The van der Waals surface area contributed by atoms with Gasteiger partial charge in [0.25, 0.3) is 0 Å². The number of fused-ring (bicyclic) bond motifs is 2. The quantitative estimate of drug-likeness (QED) is 0.405. The minimum absolute atomic E-state index is 0.110. The van der Waals surface area contributed by atoms with Crippen LogP contribution in [0.4, 0.5) is 16.9 Å². The SMILES string of the molecule is N#Cc1c(N)sc2c1C1(CC2)CN(c2nc(OCC3(CN4CCOCC4)CC3)nc(N3CCCC(O)(CO)C3)n2)C1. The number of anilines is 3. The molecule has 41 heavy (non-hydrogen) atoms. The highest BCUT2D eigenvalue weighted by Gasteiger charge is 2.52. The van der Waals surface area contributed by atoms with Crippen LogP contribution in [0.25, 0.3) is 0 Å². The van der Waals surface area contributed by atoms with Crippen molar-refractivity contribution in [1.29, 1.82) is 5.26 Å². The van der Waals surface area contributed by atoms with E-state index < -0.39 is 5.60 Å². The first kappa shape index (κ1) is 27.1. The summed E-state index contributed by atoms with van der Waals surface area (Å²) in [4.78, 5) is 22.0. The van der Waals surface area contributed by atoms with E-state index in [1.165, 1.54) is 4.88 Å². The van der Waals surface area contributed by atoms with Crippen molar-refractivity contribution >= 4 is 28.2 Å². The summed E-state index contributed by atoms with van der Waals surface area (Å²) in [6.45, 7) is 7.01. The van der Waals surface area contributed by atoms with Crippen LogP contribution in [0.1, 0.15) is 48.1 Å². The van der Waals surface area contributed by atoms with Crippen LogP contribution >= 0.6 is 11.3 Å². The lowest BCUT2D eigenvalue weighted by Crippen LogP contribution is -2.59. The number of nitrogen functional groups attached to an aromatic ring is 1. The molecule has 2 aromatic heterocycles. The second kappa shape index (κ2) is 10.2. The summed E-state index contributed by atoms with van der Waals surface area (Å²) in [5, 5.41) is 31.0. The van der Waals surface area contributed by atoms with Gasteiger partial charge in [0.1, 0.15) is 16.7 Å². The van der Waals surface area contributed by atoms with Gasteiger partial charge in [0.15, 0.2) is 0 Å². The summed E-state index contributed by atoms with van der Waals surface area (Å²) in [6.07, 6.45) is 5.42. The predicted octanol–water partition coefficient (Wildman–Crippen LogP) is 0.906. The van der Waals surface area contributed by atoms with Crippen molar-refractivity contribution in [1.82, 2.24) is 19.9 Å². The van der Waals surface area contributed by atoms with Crippen LogP contribution in [0.5, 0.6) is 6.01 Å². The number of rotatable bonds is 8. The molecule has 0 amide bonds. The zero-order chi connectivity index (χ0) is 28.2. The minimum atomic E-state index is -1.18. The van der Waals surface area contributed by atoms with Crippen LogP contribution in [0.2, 0.25) is 0 Å². The molecule has 0 radical (unpaired) electrons. The number of thiophene rings is 1. The van der Waals surface area contributed by atoms with Crippen LogP contribution in [0.15, 0.2) is 0 Å². The smallest absolute Gasteiger partial charge is 0.323 e. The van der Waals surface area contributed by atoms with E-state index in [-0.39, 0.29) is 24.0 Å². The highest BCUT2D eigenvalue weighted by Crippen LogP contribution is 2.52. The van der Waals surface area contributed by atoms with Gasteiger partial charge in [-0.2, -0.15) is 20.2 Å². The van der Waals surface area contributed by atoms with Crippen molar-refractivity contribution in [2.45, 2.75) is 49.5 Å². The van der Waals surface area contributed by atoms with Gasteiger partial charge >= 0.3 is 6.01 Å². The van der Waals surface area contributed by atoms with E-state index in [0.29, 0.717) is 61.1 Å². The Bertz CT molecular complexity index is 1350. The molecule has 2 aromatic rings. The lowest BCUT2D eigenvalue weighted by molar-refractivity contribution is -0.0244. The third kappa shape index (κ3) is 4.99. The lowest BCUT2D eigenvalue weighted by Gasteiger charge is -2.48. The molecule has 3 aliphatic heterocycles. The third-order valence-corrected chi connectivity index (χ3v) is 10.7. The Kier molecular flexibility index (Phi) is 6.74. The normalized spacial score (nSPS) is 26.5. The minimum Gasteiger partial charge on any atom is -0.463 e. The number of aliphatic hydroxyl groups excluding tert-OH is 1. The first-order valence-corrected chi connectivity index (χ1v) is 15.5. The second-order valence-electron chi connectivity index (χ2n) is 12.7. The number of piperidine rings is 1. The number of hydrogen-bond acceptors (Lipinski definition) is 13. The van der Waals surface area contributed by atoms with Crippen LogP contribution < -0.4 is 20.3 Å². The maximum absolute atomic E-state index is 10.8. The molecule has 7 rings (SSSR count). The molecule has 0 bridgehead atoms. The van der Waals surface area contributed by atoms with E-state index in [4.69, 9.17) is 30.2 Å². The summed E-state index contributed by atoms with van der Waals surface area (Å²) < 4.78 is 11.8. The van der Waals surface area contributed by atoms with Gasteiger partial charge in [0.05, 0.1) is 38.5 Å². The molecule has 4 fully saturated rings. The first-order valence-electron chi connectivity index (χ1n) is 14.7. The molecule has 1 spiro atoms. The van der Waals surface area contributed by atoms with Crippen LogP contribution in [0.3, 0.4) is 0 Å². The molecular weight excluding hydrogens is 544 g/mol. The highest BCUT2D eigenvalue weighted by molar-refractivity contribution is 7.16. The number of aryl methyl sites for hydroxylation is 1. The first-order chi connectivity index (χ1) is 19.8. The third-order valence-electron chi connectivity index (χ3n) is 9.60. The monoisotopic (exact) mass is 582 g/mol. The second-order valence-corrected chi connectivity index (χ2v) is 13.8. The van der Waals surface area contributed by atoms with Gasteiger partial charge in [-0.25, -0.2) is 0 Å². The molecular formula is C28H38N8O4S. The Hall–Kier alpha value is -2.76. The molecule has 5 heterocycles. The van der Waals surface area contributed by atoms with Gasteiger partial charge in [-0.15, -0.1) is 11.3 Å². The van der Waals surface area contributed by atoms with Gasteiger partial charge < -0.3 is 35.2 Å². The van der Waals surface area contributed by atoms with Gasteiger partial charge in [0, 0.05) is 55.0 Å². The van der Waals surface area contributed by atoms with E-state index in [2.05, 4.69) is 15.9 Å². The van der Waals surface area contributed by atoms with E-state index >= 15 is 0 Å². The van der Waals surface area contributed by atoms with Crippen molar-refractivity contribution in [3.05, 3.63) is 16.0 Å². The Morgan fingerprint density at radius 1 is 1.02 bits per heavy atom. The topological polar surface area (TPSA) is 157 Å². The molecule has 0 aromatic carbocycles. The number of β-amino-alcohol motifs (C(OH)–C–C–N with tert-alkyl or cyclic N) is 1. The molecule has 1 atom stereocenters. The molecule has 2 aliphatic carbocycles. The lowest BCUT2D eigenvalue weighted by atomic mass is 9.74. The number of aromatic nitrogens is 3. The Morgan fingerprint density at radius 2 is 1.78 bits per heavy atom. The van der Waals surface area contributed by atoms with Crippen molar-refractivity contribution in [3.63, 3.8) is 0 Å². The molecule has 1 unspecified atom stereocenters. The molecule has 13 heteroatoms. The van der Waals surface area contributed by atoms with E-state index in [1.54, 1.807) is 11.3 Å². The highest BCUT2D eigenvalue weighted by atomic mass is 32.1. The fourth-order valence-electron chi connectivity index (χ4n) is 7.04. The Morgan fingerprint density at radius 3 is 2.49 bits per heavy atom. The fourth-order valence-corrected chi connectivity index (χ4v) is 8.18. The fraction of sp³-hybridized carbons (Fsp3) is 0.714. The average molecular weight is 583 g/mol. The zero-order valence-corrected chi connectivity index (χ0v) is 24.2.